The van der Waals surface area contributed by atoms with Crippen molar-refractivity contribution in [3.8, 4) is 0 Å². The minimum atomic E-state index is -0.000602. The molecule has 0 saturated carbocycles. The molecule has 1 amide bonds. The molecule has 3 rings (SSSR count). The highest BCUT2D eigenvalue weighted by Crippen LogP contribution is 2.33. The Morgan fingerprint density at radius 3 is 2.80 bits per heavy atom. The normalized spacial score (nSPS) is 13.4. The molecule has 2 aromatic rings. The van der Waals surface area contributed by atoms with Crippen molar-refractivity contribution in [2.75, 3.05) is 17.2 Å². The van der Waals surface area contributed by atoms with Crippen LogP contribution in [-0.4, -0.2) is 17.4 Å². The summed E-state index contributed by atoms with van der Waals surface area (Å²) in [5, 5.41) is 0. The van der Waals surface area contributed by atoms with Gasteiger partial charge in [0.25, 0.3) is 5.91 Å². The number of aryl methyl sites for hydroxylation is 2. The number of fused-ring (bicyclic) bond motifs is 1. The van der Waals surface area contributed by atoms with Gasteiger partial charge in [0.2, 0.25) is 0 Å². The average Bonchev–Trinajstić information content (AvgIpc) is 2.83. The SMILES string of the molecule is Cc1ccc(C(=O)N2CCc3c(N)cccc32)c(C)n1. The van der Waals surface area contributed by atoms with Gasteiger partial charge in [-0.2, -0.15) is 0 Å². The number of rotatable bonds is 1. The summed E-state index contributed by atoms with van der Waals surface area (Å²) < 4.78 is 0. The van der Waals surface area contributed by atoms with Gasteiger partial charge in [-0.25, -0.2) is 0 Å². The topological polar surface area (TPSA) is 59.2 Å². The fourth-order valence-electron chi connectivity index (χ4n) is 2.73. The van der Waals surface area contributed by atoms with Gasteiger partial charge in [0.05, 0.1) is 11.3 Å². The van der Waals surface area contributed by atoms with Crippen LogP contribution in [0.25, 0.3) is 0 Å². The van der Waals surface area contributed by atoms with E-state index in [9.17, 15) is 4.79 Å². The number of amides is 1. The average molecular weight is 267 g/mol. The Labute approximate surface area is 118 Å². The van der Waals surface area contributed by atoms with Gasteiger partial charge in [0.15, 0.2) is 0 Å². The molecule has 0 spiro atoms. The smallest absolute Gasteiger partial charge is 0.260 e. The highest BCUT2D eigenvalue weighted by molar-refractivity contribution is 6.08. The van der Waals surface area contributed by atoms with E-state index in [4.69, 9.17) is 5.73 Å². The van der Waals surface area contributed by atoms with Crippen LogP contribution in [0.15, 0.2) is 30.3 Å². The summed E-state index contributed by atoms with van der Waals surface area (Å²) in [4.78, 5) is 18.9. The maximum atomic E-state index is 12.7. The number of nitrogen functional groups attached to an aromatic ring is 1. The summed E-state index contributed by atoms with van der Waals surface area (Å²) in [7, 11) is 0. The summed E-state index contributed by atoms with van der Waals surface area (Å²) in [6, 6.07) is 9.44. The Bertz CT molecular complexity index is 694. The summed E-state index contributed by atoms with van der Waals surface area (Å²) in [5.41, 5.74) is 11.1. The first-order chi connectivity index (χ1) is 9.58. The van der Waals surface area contributed by atoms with E-state index in [1.807, 2.05) is 44.2 Å². The fraction of sp³-hybridized carbons (Fsp3) is 0.250. The molecule has 0 aliphatic carbocycles. The van der Waals surface area contributed by atoms with Crippen LogP contribution in [0, 0.1) is 13.8 Å². The molecular weight excluding hydrogens is 250 g/mol. The van der Waals surface area contributed by atoms with Gasteiger partial charge in [-0.1, -0.05) is 6.07 Å². The maximum absolute atomic E-state index is 12.7. The van der Waals surface area contributed by atoms with Gasteiger partial charge < -0.3 is 10.6 Å². The van der Waals surface area contributed by atoms with Crippen molar-refractivity contribution in [3.05, 3.63) is 52.8 Å². The van der Waals surface area contributed by atoms with Crippen molar-refractivity contribution >= 4 is 17.3 Å². The lowest BCUT2D eigenvalue weighted by molar-refractivity contribution is 0.0988. The molecule has 4 heteroatoms. The number of hydrogen-bond donors (Lipinski definition) is 1. The van der Waals surface area contributed by atoms with E-state index in [1.165, 1.54) is 0 Å². The van der Waals surface area contributed by atoms with E-state index in [1.54, 1.807) is 4.90 Å². The number of carbonyl (C=O) groups excluding carboxylic acids is 1. The Morgan fingerprint density at radius 2 is 2.05 bits per heavy atom. The molecule has 1 aromatic heterocycles. The van der Waals surface area contributed by atoms with Crippen LogP contribution in [0.1, 0.15) is 27.3 Å². The van der Waals surface area contributed by atoms with Gasteiger partial charge in [0.1, 0.15) is 0 Å². The number of nitrogens with zero attached hydrogens (tertiary/aromatic N) is 2. The fourth-order valence-corrected chi connectivity index (χ4v) is 2.73. The van der Waals surface area contributed by atoms with Crippen molar-refractivity contribution in [2.45, 2.75) is 20.3 Å². The molecule has 1 aromatic carbocycles. The zero-order valence-electron chi connectivity index (χ0n) is 11.7. The lowest BCUT2D eigenvalue weighted by Crippen LogP contribution is -2.29. The summed E-state index contributed by atoms with van der Waals surface area (Å²) in [6.07, 6.45) is 0.812. The molecule has 20 heavy (non-hydrogen) atoms. The van der Waals surface area contributed by atoms with E-state index in [0.717, 1.165) is 34.7 Å². The molecule has 0 unspecified atom stereocenters. The molecule has 2 N–H and O–H groups in total. The summed E-state index contributed by atoms with van der Waals surface area (Å²) >= 11 is 0. The zero-order valence-corrected chi connectivity index (χ0v) is 11.7. The first kappa shape index (κ1) is 12.7. The van der Waals surface area contributed by atoms with Gasteiger partial charge >= 0.3 is 0 Å². The van der Waals surface area contributed by atoms with Gasteiger partial charge in [-0.3, -0.25) is 9.78 Å². The van der Waals surface area contributed by atoms with Crippen molar-refractivity contribution in [3.63, 3.8) is 0 Å². The molecule has 1 aliphatic heterocycles. The van der Waals surface area contributed by atoms with Crippen LogP contribution in [0.3, 0.4) is 0 Å². The van der Waals surface area contributed by atoms with E-state index in [0.29, 0.717) is 12.1 Å². The Balaban J connectivity index is 2.00. The predicted molar refractivity (Wildman–Crippen MR) is 79.9 cm³/mol. The molecule has 2 heterocycles. The summed E-state index contributed by atoms with van der Waals surface area (Å²) in [5.74, 6) is -0.000602. The molecule has 0 saturated heterocycles. The number of pyridine rings is 1. The molecule has 4 nitrogen and oxygen atoms in total. The van der Waals surface area contributed by atoms with Crippen LogP contribution in [-0.2, 0) is 6.42 Å². The van der Waals surface area contributed by atoms with E-state index in [2.05, 4.69) is 4.98 Å². The Hall–Kier alpha value is -2.36. The quantitative estimate of drug-likeness (QED) is 0.807. The van der Waals surface area contributed by atoms with E-state index >= 15 is 0 Å². The lowest BCUT2D eigenvalue weighted by atomic mass is 10.1. The second-order valence-electron chi connectivity index (χ2n) is 5.14. The van der Waals surface area contributed by atoms with Crippen molar-refractivity contribution in [2.24, 2.45) is 0 Å². The number of nitrogens with two attached hydrogens (primary N) is 1. The predicted octanol–water partition coefficient (Wildman–Crippen LogP) is 2.48. The van der Waals surface area contributed by atoms with Crippen LogP contribution in [0.4, 0.5) is 11.4 Å². The van der Waals surface area contributed by atoms with E-state index in [-0.39, 0.29) is 5.91 Å². The molecular formula is C16H17N3O. The molecule has 102 valence electrons. The zero-order chi connectivity index (χ0) is 14.3. The minimum absolute atomic E-state index is 0.000602. The highest BCUT2D eigenvalue weighted by atomic mass is 16.2. The minimum Gasteiger partial charge on any atom is -0.398 e. The lowest BCUT2D eigenvalue weighted by Gasteiger charge is -2.18. The second-order valence-corrected chi connectivity index (χ2v) is 5.14. The Morgan fingerprint density at radius 1 is 1.25 bits per heavy atom. The van der Waals surface area contributed by atoms with Crippen molar-refractivity contribution < 1.29 is 4.79 Å². The molecule has 0 atom stereocenters. The third-order valence-corrected chi connectivity index (χ3v) is 3.76. The number of carbonyl (C=O) groups is 1. The number of anilines is 2. The van der Waals surface area contributed by atoms with Crippen LogP contribution in [0.2, 0.25) is 0 Å². The number of aromatic nitrogens is 1. The van der Waals surface area contributed by atoms with Crippen LogP contribution >= 0.6 is 0 Å². The highest BCUT2D eigenvalue weighted by Gasteiger charge is 2.27. The second kappa shape index (κ2) is 4.63. The largest absolute Gasteiger partial charge is 0.398 e. The third-order valence-electron chi connectivity index (χ3n) is 3.76. The number of hydrogen-bond acceptors (Lipinski definition) is 3. The first-order valence-electron chi connectivity index (χ1n) is 6.71. The van der Waals surface area contributed by atoms with Crippen molar-refractivity contribution in [1.82, 2.24) is 4.98 Å². The van der Waals surface area contributed by atoms with Crippen LogP contribution < -0.4 is 10.6 Å². The molecule has 0 fully saturated rings. The monoisotopic (exact) mass is 267 g/mol. The Kier molecular flexibility index (Phi) is 2.93. The summed E-state index contributed by atoms with van der Waals surface area (Å²) in [6.45, 7) is 4.47. The van der Waals surface area contributed by atoms with Gasteiger partial charge in [-0.15, -0.1) is 0 Å². The van der Waals surface area contributed by atoms with Crippen LogP contribution in [0.5, 0.6) is 0 Å². The number of benzene rings is 1. The van der Waals surface area contributed by atoms with Gasteiger partial charge in [0, 0.05) is 29.2 Å². The molecule has 0 bridgehead atoms. The first-order valence-corrected chi connectivity index (χ1v) is 6.71. The molecule has 1 aliphatic rings. The van der Waals surface area contributed by atoms with Crippen molar-refractivity contribution in [1.29, 1.82) is 0 Å². The van der Waals surface area contributed by atoms with E-state index < -0.39 is 0 Å². The standard InChI is InChI=1S/C16H17N3O/c1-10-6-7-12(11(2)18-10)16(20)19-9-8-13-14(17)4-3-5-15(13)19/h3-7H,8-9,17H2,1-2H3. The third kappa shape index (κ3) is 1.93. The molecule has 0 radical (unpaired) electrons. The maximum Gasteiger partial charge on any atom is 0.260 e. The van der Waals surface area contributed by atoms with Gasteiger partial charge in [-0.05, 0) is 44.5 Å².